The Hall–Kier alpha value is -2.48. The van der Waals surface area contributed by atoms with Gasteiger partial charge >= 0.3 is 5.97 Å². The fourth-order valence-corrected chi connectivity index (χ4v) is 5.03. The van der Waals surface area contributed by atoms with Crippen LogP contribution in [-0.2, 0) is 20.7 Å². The van der Waals surface area contributed by atoms with Crippen LogP contribution in [0.5, 0.6) is 0 Å². The van der Waals surface area contributed by atoms with Crippen LogP contribution in [0, 0.1) is 5.92 Å². The van der Waals surface area contributed by atoms with Gasteiger partial charge in [-0.25, -0.2) is 4.98 Å². The number of hydrogen-bond acceptors (Lipinski definition) is 7. The van der Waals surface area contributed by atoms with Crippen molar-refractivity contribution >= 4 is 28.5 Å². The number of piperidine rings is 1. The van der Waals surface area contributed by atoms with Crippen molar-refractivity contribution in [3.63, 3.8) is 0 Å². The van der Waals surface area contributed by atoms with Crippen LogP contribution >= 0.6 is 11.5 Å². The molecule has 2 aromatic rings. The summed E-state index contributed by atoms with van der Waals surface area (Å²) in [7, 11) is 0. The minimum absolute atomic E-state index is 0.0858. The molecule has 0 bridgehead atoms. The Balaban J connectivity index is 1.37. The summed E-state index contributed by atoms with van der Waals surface area (Å²) in [4.78, 5) is 33.9. The molecule has 3 heterocycles. The Morgan fingerprint density at radius 1 is 1.13 bits per heavy atom. The molecule has 7 nitrogen and oxygen atoms in total. The number of esters is 1. The number of aromatic nitrogens is 2. The number of hydrogen-bond donors (Lipinski definition) is 0. The minimum atomic E-state index is -0.179. The molecule has 0 aliphatic carbocycles. The topological polar surface area (TPSA) is 75.6 Å². The molecular weight excluding hydrogens is 400 g/mol. The summed E-state index contributed by atoms with van der Waals surface area (Å²) < 4.78 is 9.65. The molecule has 30 heavy (non-hydrogen) atoms. The molecule has 0 saturated carbocycles. The summed E-state index contributed by atoms with van der Waals surface area (Å²) in [5, 5.41) is 0.832. The monoisotopic (exact) mass is 428 g/mol. The molecule has 1 amide bonds. The maximum atomic E-state index is 13.2. The molecule has 2 aliphatic heterocycles. The summed E-state index contributed by atoms with van der Waals surface area (Å²) >= 11 is 1.38. The van der Waals surface area contributed by atoms with E-state index in [1.165, 1.54) is 17.1 Å². The van der Waals surface area contributed by atoms with E-state index in [4.69, 9.17) is 9.72 Å². The summed E-state index contributed by atoms with van der Waals surface area (Å²) in [6, 6.07) is 10.00. The average Bonchev–Trinajstić information content (AvgIpc) is 3.44. The summed E-state index contributed by atoms with van der Waals surface area (Å²) in [5.41, 5.74) is 1.18. The number of nitrogens with zero attached hydrogens (tertiary/aromatic N) is 4. The van der Waals surface area contributed by atoms with Crippen LogP contribution in [0.3, 0.4) is 0 Å². The van der Waals surface area contributed by atoms with Crippen molar-refractivity contribution in [1.82, 2.24) is 14.3 Å². The van der Waals surface area contributed by atoms with Crippen molar-refractivity contribution in [3.8, 4) is 0 Å². The van der Waals surface area contributed by atoms with Crippen molar-refractivity contribution < 1.29 is 14.3 Å². The SMILES string of the molecule is CCOC(=O)C1CCN(C(=O)C2CCCN2c2nc(Cc3ccccc3)ns2)CC1. The smallest absolute Gasteiger partial charge is 0.309 e. The van der Waals surface area contributed by atoms with E-state index >= 15 is 0 Å². The molecule has 1 atom stereocenters. The molecule has 1 aromatic carbocycles. The first-order valence-corrected chi connectivity index (χ1v) is 11.5. The van der Waals surface area contributed by atoms with E-state index in [1.807, 2.05) is 30.0 Å². The molecule has 1 aromatic heterocycles. The van der Waals surface area contributed by atoms with Crippen molar-refractivity contribution in [2.24, 2.45) is 5.92 Å². The van der Waals surface area contributed by atoms with Gasteiger partial charge in [0.2, 0.25) is 11.0 Å². The Bertz CT molecular complexity index is 864. The lowest BCUT2D eigenvalue weighted by molar-refractivity contribution is -0.151. The Morgan fingerprint density at radius 3 is 2.63 bits per heavy atom. The molecule has 2 saturated heterocycles. The van der Waals surface area contributed by atoms with Crippen LogP contribution < -0.4 is 4.90 Å². The van der Waals surface area contributed by atoms with E-state index in [2.05, 4.69) is 21.4 Å². The summed E-state index contributed by atoms with van der Waals surface area (Å²) in [6.45, 7) is 4.28. The maximum Gasteiger partial charge on any atom is 0.309 e. The first-order valence-electron chi connectivity index (χ1n) is 10.7. The van der Waals surface area contributed by atoms with E-state index in [9.17, 15) is 9.59 Å². The Labute approximate surface area is 181 Å². The Kier molecular flexibility index (Phi) is 6.62. The van der Waals surface area contributed by atoms with Gasteiger partial charge in [0.25, 0.3) is 0 Å². The highest BCUT2D eigenvalue weighted by atomic mass is 32.1. The standard InChI is InChI=1S/C22H28N4O3S/c1-2-29-21(28)17-10-13-25(14-11-17)20(27)18-9-6-12-26(18)22-23-19(24-30-22)15-16-7-4-3-5-8-16/h3-5,7-8,17-18H,2,6,9-15H2,1H3. The Morgan fingerprint density at radius 2 is 1.90 bits per heavy atom. The number of rotatable bonds is 6. The zero-order valence-electron chi connectivity index (χ0n) is 17.3. The van der Waals surface area contributed by atoms with Crippen LogP contribution in [-0.4, -0.2) is 58.4 Å². The van der Waals surface area contributed by atoms with Gasteiger partial charge in [-0.3, -0.25) is 9.59 Å². The average molecular weight is 429 g/mol. The number of carbonyl (C=O) groups excluding carboxylic acids is 2. The van der Waals surface area contributed by atoms with Crippen LogP contribution in [0.1, 0.15) is 44.0 Å². The second-order valence-corrected chi connectivity index (χ2v) is 8.59. The third kappa shape index (κ3) is 4.64. The van der Waals surface area contributed by atoms with Gasteiger partial charge < -0.3 is 14.5 Å². The highest BCUT2D eigenvalue weighted by molar-refractivity contribution is 7.09. The van der Waals surface area contributed by atoms with Gasteiger partial charge in [0.15, 0.2) is 0 Å². The van der Waals surface area contributed by atoms with Crippen molar-refractivity contribution in [3.05, 3.63) is 41.7 Å². The highest BCUT2D eigenvalue weighted by Crippen LogP contribution is 2.30. The first-order chi connectivity index (χ1) is 14.7. The van der Waals surface area contributed by atoms with Gasteiger partial charge in [0.05, 0.1) is 12.5 Å². The molecule has 0 N–H and O–H groups in total. The van der Waals surface area contributed by atoms with Gasteiger partial charge in [-0.05, 0) is 38.2 Å². The number of amides is 1. The zero-order valence-corrected chi connectivity index (χ0v) is 18.1. The molecule has 8 heteroatoms. The fourth-order valence-electron chi connectivity index (χ4n) is 4.27. The summed E-state index contributed by atoms with van der Waals surface area (Å²) in [6.07, 6.45) is 3.87. The number of carbonyl (C=O) groups is 2. The van der Waals surface area contributed by atoms with E-state index in [0.29, 0.717) is 39.0 Å². The van der Waals surface area contributed by atoms with Gasteiger partial charge in [-0.15, -0.1) is 0 Å². The minimum Gasteiger partial charge on any atom is -0.466 e. The molecule has 160 valence electrons. The third-order valence-electron chi connectivity index (χ3n) is 5.87. The maximum absolute atomic E-state index is 13.2. The molecule has 2 aliphatic rings. The van der Waals surface area contributed by atoms with Crippen molar-refractivity contribution in [2.75, 3.05) is 31.1 Å². The largest absolute Gasteiger partial charge is 0.466 e. The van der Waals surface area contributed by atoms with Crippen LogP contribution in [0.2, 0.25) is 0 Å². The molecular formula is C22H28N4O3S. The lowest BCUT2D eigenvalue weighted by Crippen LogP contribution is -2.49. The predicted molar refractivity (Wildman–Crippen MR) is 115 cm³/mol. The zero-order chi connectivity index (χ0) is 20.9. The van der Waals surface area contributed by atoms with Crippen LogP contribution in [0.4, 0.5) is 5.13 Å². The van der Waals surface area contributed by atoms with E-state index in [0.717, 1.165) is 30.3 Å². The van der Waals surface area contributed by atoms with E-state index in [1.54, 1.807) is 0 Å². The predicted octanol–water partition coefficient (Wildman–Crippen LogP) is 2.90. The van der Waals surface area contributed by atoms with Gasteiger partial charge in [-0.1, -0.05) is 30.3 Å². The fraction of sp³-hybridized carbons (Fsp3) is 0.545. The molecule has 0 radical (unpaired) electrons. The summed E-state index contributed by atoms with van der Waals surface area (Å²) in [5.74, 6) is 0.730. The quantitative estimate of drug-likeness (QED) is 0.659. The highest BCUT2D eigenvalue weighted by Gasteiger charge is 2.37. The van der Waals surface area contributed by atoms with Crippen molar-refractivity contribution in [1.29, 1.82) is 0 Å². The van der Waals surface area contributed by atoms with Crippen LogP contribution in [0.15, 0.2) is 30.3 Å². The lowest BCUT2D eigenvalue weighted by Gasteiger charge is -2.34. The number of likely N-dealkylation sites (tertiary alicyclic amines) is 1. The second kappa shape index (κ2) is 9.55. The number of anilines is 1. The molecule has 4 rings (SSSR count). The normalized spacial score (nSPS) is 19.8. The van der Waals surface area contributed by atoms with Crippen molar-refractivity contribution in [2.45, 2.75) is 45.1 Å². The molecule has 1 unspecified atom stereocenters. The van der Waals surface area contributed by atoms with Gasteiger partial charge in [0.1, 0.15) is 11.9 Å². The molecule has 0 spiro atoms. The second-order valence-electron chi connectivity index (χ2n) is 7.86. The number of ether oxygens (including phenoxy) is 1. The first kappa shape index (κ1) is 20.8. The van der Waals surface area contributed by atoms with E-state index < -0.39 is 0 Å². The van der Waals surface area contributed by atoms with E-state index in [-0.39, 0.29) is 23.8 Å². The van der Waals surface area contributed by atoms with Crippen LogP contribution in [0.25, 0.3) is 0 Å². The third-order valence-corrected chi connectivity index (χ3v) is 6.66. The molecule has 2 fully saturated rings. The number of benzene rings is 1. The van der Waals surface area contributed by atoms with Gasteiger partial charge in [-0.2, -0.15) is 4.37 Å². The van der Waals surface area contributed by atoms with Gasteiger partial charge in [0, 0.05) is 37.6 Å². The lowest BCUT2D eigenvalue weighted by atomic mass is 9.96.